The fourth-order valence-corrected chi connectivity index (χ4v) is 3.89. The van der Waals surface area contributed by atoms with Gasteiger partial charge in [-0.15, -0.1) is 13.2 Å². The van der Waals surface area contributed by atoms with E-state index in [2.05, 4.69) is 14.5 Å². The Morgan fingerprint density at radius 3 is 2.54 bits per heavy atom. The van der Waals surface area contributed by atoms with Gasteiger partial charge in [0, 0.05) is 18.2 Å². The zero-order valence-corrected chi connectivity index (χ0v) is 19.7. The molecule has 9 heteroatoms. The van der Waals surface area contributed by atoms with Crippen LogP contribution < -0.4 is 15.2 Å². The Morgan fingerprint density at radius 2 is 1.86 bits per heavy atom. The molecule has 3 rings (SSSR count). The molecule has 1 aliphatic heterocycles. The molecule has 0 saturated heterocycles. The average molecular weight is 491 g/mol. The van der Waals surface area contributed by atoms with Gasteiger partial charge < -0.3 is 19.9 Å². The fraction of sp³-hybridized carbons (Fsp3) is 0.385. The lowest BCUT2D eigenvalue weighted by Gasteiger charge is -2.19. The Hall–Kier alpha value is -3.33. The van der Waals surface area contributed by atoms with Crippen molar-refractivity contribution in [2.75, 3.05) is 13.7 Å². The van der Waals surface area contributed by atoms with Crippen molar-refractivity contribution in [3.63, 3.8) is 0 Å². The third kappa shape index (κ3) is 7.85. The number of hydrogen-bond donors (Lipinski definition) is 1. The molecule has 0 spiro atoms. The molecule has 0 fully saturated rings. The predicted molar refractivity (Wildman–Crippen MR) is 126 cm³/mol. The number of para-hydroxylation sites is 1. The third-order valence-electron chi connectivity index (χ3n) is 5.70. The maximum Gasteiger partial charge on any atom is 0.573 e. The Balaban J connectivity index is 1.62. The first-order chi connectivity index (χ1) is 16.7. The highest BCUT2D eigenvalue weighted by atomic mass is 19.4. The van der Waals surface area contributed by atoms with Gasteiger partial charge in [-0.2, -0.15) is 0 Å². The van der Waals surface area contributed by atoms with Gasteiger partial charge in [0.15, 0.2) is 0 Å². The van der Waals surface area contributed by atoms with Gasteiger partial charge in [0.25, 0.3) is 0 Å². The molecule has 2 aromatic carbocycles. The summed E-state index contributed by atoms with van der Waals surface area (Å²) in [7, 11) is 1.34. The Bertz CT molecular complexity index is 1070. The second kappa shape index (κ2) is 11.9. The summed E-state index contributed by atoms with van der Waals surface area (Å²) in [6.07, 6.45) is -0.832. The molecule has 1 aliphatic rings. The van der Waals surface area contributed by atoms with Crippen molar-refractivity contribution in [2.45, 2.75) is 45.0 Å². The van der Waals surface area contributed by atoms with Crippen molar-refractivity contribution >= 4 is 11.7 Å². The number of methoxy groups -OCH3 is 1. The second-order valence-corrected chi connectivity index (χ2v) is 8.36. The first-order valence-corrected chi connectivity index (χ1v) is 11.3. The van der Waals surface area contributed by atoms with Crippen molar-refractivity contribution in [2.24, 2.45) is 16.6 Å². The summed E-state index contributed by atoms with van der Waals surface area (Å²) in [4.78, 5) is 15.8. The van der Waals surface area contributed by atoms with E-state index in [9.17, 15) is 18.0 Å². The number of esters is 1. The number of nitrogens with two attached hydrogens (primary N) is 1. The van der Waals surface area contributed by atoms with E-state index in [1.165, 1.54) is 19.2 Å². The minimum absolute atomic E-state index is 0.0392. The van der Waals surface area contributed by atoms with Gasteiger partial charge in [-0.1, -0.05) is 18.2 Å². The number of alkyl halides is 3. The Labute approximate surface area is 202 Å². The first-order valence-electron chi connectivity index (χ1n) is 11.3. The number of allylic oxidation sites excluding steroid dienone is 1. The van der Waals surface area contributed by atoms with Crippen molar-refractivity contribution < 1.29 is 32.2 Å². The summed E-state index contributed by atoms with van der Waals surface area (Å²) in [6.45, 7) is 2.43. The molecule has 0 amide bonds. The number of benzene rings is 2. The maximum atomic E-state index is 12.5. The number of aliphatic imine (C=N–C) groups is 1. The molecule has 0 radical (unpaired) electrons. The van der Waals surface area contributed by atoms with Crippen LogP contribution in [0.25, 0.3) is 0 Å². The van der Waals surface area contributed by atoms with Crippen molar-refractivity contribution in [3.05, 3.63) is 71.4 Å². The summed E-state index contributed by atoms with van der Waals surface area (Å²) in [5, 5.41) is 0. The lowest BCUT2D eigenvalue weighted by atomic mass is 9.87. The normalized spacial score (nSPS) is 16.3. The van der Waals surface area contributed by atoms with E-state index >= 15 is 0 Å². The monoisotopic (exact) mass is 490 g/mol. The molecule has 2 atom stereocenters. The topological polar surface area (TPSA) is 83.1 Å². The van der Waals surface area contributed by atoms with E-state index in [1.54, 1.807) is 18.3 Å². The van der Waals surface area contributed by atoms with Crippen molar-refractivity contribution in [1.82, 2.24) is 0 Å². The summed E-state index contributed by atoms with van der Waals surface area (Å²) >= 11 is 0. The lowest BCUT2D eigenvalue weighted by Crippen LogP contribution is -2.25. The van der Waals surface area contributed by atoms with Crippen LogP contribution in [-0.2, 0) is 16.0 Å². The van der Waals surface area contributed by atoms with Crippen molar-refractivity contribution in [1.29, 1.82) is 0 Å². The Morgan fingerprint density at radius 1 is 1.14 bits per heavy atom. The summed E-state index contributed by atoms with van der Waals surface area (Å²) < 4.78 is 52.0. The first kappa shape index (κ1) is 26.3. The van der Waals surface area contributed by atoms with Gasteiger partial charge in [0.1, 0.15) is 11.5 Å². The molecule has 1 heterocycles. The lowest BCUT2D eigenvalue weighted by molar-refractivity contribution is -0.274. The number of carbonyl (C=O) groups excluding carboxylic acids is 1. The van der Waals surface area contributed by atoms with Crippen LogP contribution in [0.15, 0.2) is 65.3 Å². The van der Waals surface area contributed by atoms with Gasteiger partial charge in [-0.05, 0) is 73.2 Å². The zero-order chi connectivity index (χ0) is 25.4. The predicted octanol–water partition coefficient (Wildman–Crippen LogP) is 5.20. The van der Waals surface area contributed by atoms with Gasteiger partial charge >= 0.3 is 12.3 Å². The van der Waals surface area contributed by atoms with Gasteiger partial charge in [-0.25, -0.2) is 0 Å². The second-order valence-electron chi connectivity index (χ2n) is 8.36. The van der Waals surface area contributed by atoms with E-state index in [0.29, 0.717) is 25.9 Å². The van der Waals surface area contributed by atoms with Crippen LogP contribution in [0, 0.1) is 5.92 Å². The largest absolute Gasteiger partial charge is 0.573 e. The highest BCUT2D eigenvalue weighted by Crippen LogP contribution is 2.32. The van der Waals surface area contributed by atoms with Crippen LogP contribution in [-0.4, -0.2) is 37.8 Å². The molecular formula is C26H29F3N2O4. The number of hydrogen-bond acceptors (Lipinski definition) is 6. The fourth-order valence-electron chi connectivity index (χ4n) is 3.89. The molecule has 188 valence electrons. The standard InChI is InChI=1S/C26H29F3N2O4/c1-17-16-31-25(18-9-11-21(12-10-18)35-26(27,28)29)22(17)14-19-6-3-4-8-23(19)34-13-5-7-20(30)15-24(32)33-2/h3-4,6,8-12,16,20,22H,5,7,13-15,30H2,1-2H3/t20-,22?/m1/s1. The molecule has 0 saturated carbocycles. The molecule has 1 unspecified atom stereocenters. The summed E-state index contributed by atoms with van der Waals surface area (Å²) in [5.74, 6) is 0.111. The van der Waals surface area contributed by atoms with Gasteiger partial charge in [0.05, 0.1) is 25.8 Å². The number of carbonyl (C=O) groups is 1. The quantitative estimate of drug-likeness (QED) is 0.346. The van der Waals surface area contributed by atoms with Crippen LogP contribution in [0.3, 0.4) is 0 Å². The Kier molecular flexibility index (Phi) is 8.92. The van der Waals surface area contributed by atoms with Crippen molar-refractivity contribution in [3.8, 4) is 11.5 Å². The maximum absolute atomic E-state index is 12.5. The van der Waals surface area contributed by atoms with E-state index in [1.807, 2.05) is 31.2 Å². The molecular weight excluding hydrogens is 461 g/mol. The van der Waals surface area contributed by atoms with Crippen LogP contribution in [0.1, 0.15) is 37.3 Å². The highest BCUT2D eigenvalue weighted by Gasteiger charge is 2.31. The summed E-state index contributed by atoms with van der Waals surface area (Å²) in [5.41, 5.74) is 9.52. The minimum Gasteiger partial charge on any atom is -0.493 e. The zero-order valence-electron chi connectivity index (χ0n) is 19.7. The highest BCUT2D eigenvalue weighted by molar-refractivity contribution is 6.05. The minimum atomic E-state index is -4.73. The molecule has 0 aliphatic carbocycles. The SMILES string of the molecule is COC(=O)C[C@H](N)CCCOc1ccccc1CC1C(C)=CN=C1c1ccc(OC(F)(F)F)cc1. The van der Waals surface area contributed by atoms with Crippen LogP contribution in [0.4, 0.5) is 13.2 Å². The van der Waals surface area contributed by atoms with E-state index in [4.69, 9.17) is 10.5 Å². The average Bonchev–Trinajstić information content (AvgIpc) is 3.17. The van der Waals surface area contributed by atoms with Gasteiger partial charge in [0.2, 0.25) is 0 Å². The third-order valence-corrected chi connectivity index (χ3v) is 5.70. The van der Waals surface area contributed by atoms with Crippen LogP contribution in [0.5, 0.6) is 11.5 Å². The van der Waals surface area contributed by atoms with E-state index in [-0.39, 0.29) is 30.1 Å². The summed E-state index contributed by atoms with van der Waals surface area (Å²) in [6, 6.07) is 13.2. The smallest absolute Gasteiger partial charge is 0.493 e. The molecule has 6 nitrogen and oxygen atoms in total. The molecule has 2 aromatic rings. The van der Waals surface area contributed by atoms with Crippen LogP contribution >= 0.6 is 0 Å². The molecule has 0 aromatic heterocycles. The number of halogens is 3. The molecule has 0 bridgehead atoms. The van der Waals surface area contributed by atoms with Crippen LogP contribution in [0.2, 0.25) is 0 Å². The molecule has 2 N–H and O–H groups in total. The molecule has 35 heavy (non-hydrogen) atoms. The number of nitrogens with zero attached hydrogens (tertiary/aromatic N) is 1. The van der Waals surface area contributed by atoms with E-state index in [0.717, 1.165) is 28.2 Å². The van der Waals surface area contributed by atoms with Gasteiger partial charge in [-0.3, -0.25) is 9.79 Å². The number of ether oxygens (including phenoxy) is 3. The van der Waals surface area contributed by atoms with E-state index < -0.39 is 6.36 Å². The number of rotatable bonds is 11.